The lowest BCUT2D eigenvalue weighted by atomic mass is 10.1. The van der Waals surface area contributed by atoms with Gasteiger partial charge >= 0.3 is 0 Å². The Hall–Kier alpha value is -1.94. The van der Waals surface area contributed by atoms with Crippen LogP contribution in [0.2, 0.25) is 0 Å². The topological polar surface area (TPSA) is 36.4 Å². The summed E-state index contributed by atoms with van der Waals surface area (Å²) in [6.07, 6.45) is 2.69. The van der Waals surface area contributed by atoms with Gasteiger partial charge in [-0.05, 0) is 19.2 Å². The maximum atomic E-state index is 10.8. The van der Waals surface area contributed by atoms with Crippen LogP contribution in [-0.4, -0.2) is 49.4 Å². The molecule has 0 radical (unpaired) electrons. The highest BCUT2D eigenvalue weighted by molar-refractivity contribution is 5.94. The van der Waals surface area contributed by atoms with Crippen molar-refractivity contribution in [3.8, 4) is 0 Å². The Morgan fingerprint density at radius 1 is 1.16 bits per heavy atom. The third-order valence-electron chi connectivity index (χ3n) is 3.72. The average Bonchev–Trinajstić information content (AvgIpc) is 2.47. The lowest BCUT2D eigenvalue weighted by Crippen LogP contribution is -2.44. The van der Waals surface area contributed by atoms with Crippen molar-refractivity contribution in [3.05, 3.63) is 36.0 Å². The number of carbonyl (C=O) groups is 1. The molecular weight excluding hydrogens is 238 g/mol. The summed E-state index contributed by atoms with van der Waals surface area (Å²) < 4.78 is 0. The Morgan fingerprint density at radius 2 is 1.95 bits per heavy atom. The van der Waals surface area contributed by atoms with E-state index in [0.717, 1.165) is 43.4 Å². The fourth-order valence-corrected chi connectivity index (χ4v) is 2.55. The Labute approximate surface area is 112 Å². The molecular formula is C15H17N3O. The average molecular weight is 255 g/mol. The van der Waals surface area contributed by atoms with E-state index in [9.17, 15) is 4.79 Å². The van der Waals surface area contributed by atoms with Gasteiger partial charge in [-0.3, -0.25) is 9.78 Å². The molecule has 0 N–H and O–H groups in total. The summed E-state index contributed by atoms with van der Waals surface area (Å²) in [7, 11) is 2.15. The van der Waals surface area contributed by atoms with Crippen LogP contribution >= 0.6 is 0 Å². The van der Waals surface area contributed by atoms with Crippen LogP contribution in [0, 0.1) is 0 Å². The smallest absolute Gasteiger partial charge is 0.150 e. The van der Waals surface area contributed by atoms with Crippen molar-refractivity contribution in [1.82, 2.24) is 9.88 Å². The molecule has 19 heavy (non-hydrogen) atoms. The monoisotopic (exact) mass is 255 g/mol. The van der Waals surface area contributed by atoms with E-state index in [0.29, 0.717) is 5.56 Å². The second-order valence-corrected chi connectivity index (χ2v) is 5.01. The first kappa shape index (κ1) is 12.1. The Balaban J connectivity index is 2.01. The number of piperazine rings is 1. The highest BCUT2D eigenvalue weighted by atomic mass is 16.1. The summed E-state index contributed by atoms with van der Waals surface area (Å²) in [4.78, 5) is 19.9. The molecule has 0 unspecified atom stereocenters. The van der Waals surface area contributed by atoms with Gasteiger partial charge in [0.05, 0.1) is 5.52 Å². The Kier molecular flexibility index (Phi) is 3.17. The molecule has 2 heterocycles. The molecule has 0 bridgehead atoms. The minimum atomic E-state index is 0.676. The number of fused-ring (bicyclic) bond motifs is 1. The predicted molar refractivity (Wildman–Crippen MR) is 76.8 cm³/mol. The van der Waals surface area contributed by atoms with E-state index in [1.807, 2.05) is 24.4 Å². The van der Waals surface area contributed by atoms with Crippen LogP contribution < -0.4 is 4.90 Å². The van der Waals surface area contributed by atoms with E-state index in [1.165, 1.54) is 5.69 Å². The maximum Gasteiger partial charge on any atom is 0.150 e. The molecule has 0 atom stereocenters. The van der Waals surface area contributed by atoms with E-state index in [4.69, 9.17) is 0 Å². The normalized spacial score (nSPS) is 16.8. The zero-order chi connectivity index (χ0) is 13.2. The number of benzene rings is 1. The minimum Gasteiger partial charge on any atom is -0.368 e. The molecule has 4 heteroatoms. The first-order chi connectivity index (χ1) is 9.28. The lowest BCUT2D eigenvalue weighted by Gasteiger charge is -2.34. The fraction of sp³-hybridized carbons (Fsp3) is 0.333. The van der Waals surface area contributed by atoms with Crippen molar-refractivity contribution < 1.29 is 4.79 Å². The highest BCUT2D eigenvalue weighted by Gasteiger charge is 2.16. The SMILES string of the molecule is CN1CCN(c2ccnc3cc(C=O)ccc23)CC1. The summed E-state index contributed by atoms with van der Waals surface area (Å²) in [5.41, 5.74) is 2.78. The second-order valence-electron chi connectivity index (χ2n) is 5.01. The molecule has 1 fully saturated rings. The number of hydrogen-bond acceptors (Lipinski definition) is 4. The lowest BCUT2D eigenvalue weighted by molar-refractivity contribution is 0.112. The van der Waals surface area contributed by atoms with E-state index >= 15 is 0 Å². The van der Waals surface area contributed by atoms with E-state index in [1.54, 1.807) is 0 Å². The molecule has 0 saturated carbocycles. The summed E-state index contributed by atoms with van der Waals surface area (Å²) in [6.45, 7) is 4.22. The van der Waals surface area contributed by atoms with Crippen LogP contribution in [0.25, 0.3) is 10.9 Å². The summed E-state index contributed by atoms with van der Waals surface area (Å²) in [5.74, 6) is 0. The molecule has 1 aliphatic rings. The number of anilines is 1. The van der Waals surface area contributed by atoms with Crippen LogP contribution in [-0.2, 0) is 0 Å². The fourth-order valence-electron chi connectivity index (χ4n) is 2.55. The number of pyridine rings is 1. The molecule has 3 rings (SSSR count). The number of rotatable bonds is 2. The molecule has 0 spiro atoms. The quantitative estimate of drug-likeness (QED) is 0.767. The van der Waals surface area contributed by atoms with Gasteiger partial charge in [0.1, 0.15) is 6.29 Å². The zero-order valence-electron chi connectivity index (χ0n) is 11.0. The predicted octanol–water partition coefficient (Wildman–Crippen LogP) is 1.80. The first-order valence-electron chi connectivity index (χ1n) is 6.55. The third-order valence-corrected chi connectivity index (χ3v) is 3.72. The highest BCUT2D eigenvalue weighted by Crippen LogP contribution is 2.26. The maximum absolute atomic E-state index is 10.8. The Bertz CT molecular complexity index is 603. The van der Waals surface area contributed by atoms with Crippen LogP contribution in [0.1, 0.15) is 10.4 Å². The van der Waals surface area contributed by atoms with Gasteiger partial charge in [0.15, 0.2) is 0 Å². The summed E-state index contributed by atoms with van der Waals surface area (Å²) >= 11 is 0. The standard InChI is InChI=1S/C15H17N3O/c1-17-6-8-18(9-7-17)15-4-5-16-14-10-12(11-19)2-3-13(14)15/h2-5,10-11H,6-9H2,1H3. The summed E-state index contributed by atoms with van der Waals surface area (Å²) in [5, 5.41) is 1.12. The van der Waals surface area contributed by atoms with Gasteiger partial charge in [-0.1, -0.05) is 12.1 Å². The minimum absolute atomic E-state index is 0.676. The van der Waals surface area contributed by atoms with Crippen LogP contribution in [0.5, 0.6) is 0 Å². The van der Waals surface area contributed by atoms with Crippen molar-refractivity contribution in [2.45, 2.75) is 0 Å². The number of likely N-dealkylation sites (N-methyl/N-ethyl adjacent to an activating group) is 1. The number of carbonyl (C=O) groups excluding carboxylic acids is 1. The molecule has 98 valence electrons. The van der Waals surface area contributed by atoms with Gasteiger partial charge < -0.3 is 9.80 Å². The van der Waals surface area contributed by atoms with Crippen LogP contribution in [0.3, 0.4) is 0 Å². The van der Waals surface area contributed by atoms with Gasteiger partial charge in [-0.2, -0.15) is 0 Å². The molecule has 0 amide bonds. The number of aromatic nitrogens is 1. The molecule has 1 saturated heterocycles. The molecule has 0 aliphatic carbocycles. The molecule has 4 nitrogen and oxygen atoms in total. The number of hydrogen-bond donors (Lipinski definition) is 0. The zero-order valence-corrected chi connectivity index (χ0v) is 11.0. The number of aldehydes is 1. The van der Waals surface area contributed by atoms with Gasteiger partial charge in [0.2, 0.25) is 0 Å². The van der Waals surface area contributed by atoms with Gasteiger partial charge in [0, 0.05) is 49.0 Å². The Morgan fingerprint density at radius 3 is 2.68 bits per heavy atom. The van der Waals surface area contributed by atoms with Crippen molar-refractivity contribution in [3.63, 3.8) is 0 Å². The molecule has 2 aromatic rings. The second kappa shape index (κ2) is 4.97. The van der Waals surface area contributed by atoms with Crippen molar-refractivity contribution in [2.24, 2.45) is 0 Å². The van der Waals surface area contributed by atoms with Crippen LogP contribution in [0.15, 0.2) is 30.5 Å². The van der Waals surface area contributed by atoms with Gasteiger partial charge in [-0.25, -0.2) is 0 Å². The van der Waals surface area contributed by atoms with E-state index in [-0.39, 0.29) is 0 Å². The van der Waals surface area contributed by atoms with Crippen molar-refractivity contribution in [2.75, 3.05) is 38.1 Å². The van der Waals surface area contributed by atoms with Crippen molar-refractivity contribution in [1.29, 1.82) is 0 Å². The molecule has 1 aromatic heterocycles. The van der Waals surface area contributed by atoms with E-state index < -0.39 is 0 Å². The number of nitrogens with zero attached hydrogens (tertiary/aromatic N) is 3. The molecule has 1 aromatic carbocycles. The van der Waals surface area contributed by atoms with Crippen LogP contribution in [0.4, 0.5) is 5.69 Å². The van der Waals surface area contributed by atoms with Crippen molar-refractivity contribution >= 4 is 22.9 Å². The van der Waals surface area contributed by atoms with Gasteiger partial charge in [-0.15, -0.1) is 0 Å². The first-order valence-corrected chi connectivity index (χ1v) is 6.55. The van der Waals surface area contributed by atoms with Gasteiger partial charge in [0.25, 0.3) is 0 Å². The summed E-state index contributed by atoms with van der Waals surface area (Å²) in [6, 6.07) is 7.77. The molecule has 1 aliphatic heterocycles. The van der Waals surface area contributed by atoms with E-state index in [2.05, 4.69) is 27.9 Å². The largest absolute Gasteiger partial charge is 0.368 e. The third kappa shape index (κ3) is 2.31.